The lowest BCUT2D eigenvalue weighted by atomic mass is 10.2. The molecule has 9 heteroatoms. The van der Waals surface area contributed by atoms with Crippen molar-refractivity contribution in [3.8, 4) is 0 Å². The van der Waals surface area contributed by atoms with Gasteiger partial charge in [-0.05, 0) is 44.0 Å². The van der Waals surface area contributed by atoms with Crippen LogP contribution in [0.3, 0.4) is 0 Å². The van der Waals surface area contributed by atoms with Crippen molar-refractivity contribution in [2.24, 2.45) is 0 Å². The Kier molecular flexibility index (Phi) is 8.37. The van der Waals surface area contributed by atoms with Gasteiger partial charge in [0.05, 0.1) is 32.4 Å². The zero-order valence-corrected chi connectivity index (χ0v) is 19.6. The normalized spacial score (nSPS) is 11.1. The molecule has 164 valence electrons. The van der Waals surface area contributed by atoms with E-state index in [4.69, 9.17) is 27.9 Å². The summed E-state index contributed by atoms with van der Waals surface area (Å²) in [6, 6.07) is 10.7. The van der Waals surface area contributed by atoms with Crippen molar-refractivity contribution in [3.63, 3.8) is 0 Å². The molecule has 31 heavy (non-hydrogen) atoms. The van der Waals surface area contributed by atoms with Crippen LogP contribution < -0.4 is 10.9 Å². The molecule has 0 aliphatic carbocycles. The van der Waals surface area contributed by atoms with Gasteiger partial charge in [0.2, 0.25) is 5.91 Å². The van der Waals surface area contributed by atoms with E-state index in [1.54, 1.807) is 28.8 Å². The molecule has 1 heterocycles. The minimum atomic E-state index is -0.289. The van der Waals surface area contributed by atoms with Gasteiger partial charge in [-0.15, -0.1) is 0 Å². The molecule has 0 radical (unpaired) electrons. The maximum Gasteiger partial charge on any atom is 0.262 e. The number of hydrogen-bond donors (Lipinski definition) is 1. The third-order valence-corrected chi connectivity index (χ3v) is 6.36. The number of aromatic nitrogens is 2. The largest absolute Gasteiger partial charge is 0.382 e. The van der Waals surface area contributed by atoms with Gasteiger partial charge in [0.1, 0.15) is 0 Å². The summed E-state index contributed by atoms with van der Waals surface area (Å²) >= 11 is 13.7. The van der Waals surface area contributed by atoms with Crippen LogP contribution in [0.15, 0.2) is 46.3 Å². The number of anilines is 1. The van der Waals surface area contributed by atoms with Gasteiger partial charge < -0.3 is 10.1 Å². The average molecular weight is 480 g/mol. The predicted octanol–water partition coefficient (Wildman–Crippen LogP) is 5.17. The number of fused-ring (bicyclic) bond motifs is 1. The van der Waals surface area contributed by atoms with Crippen LogP contribution >= 0.6 is 35.0 Å². The lowest BCUT2D eigenvalue weighted by Gasteiger charge is -2.14. The molecule has 0 saturated heterocycles. The Morgan fingerprint density at radius 2 is 2.00 bits per heavy atom. The first-order valence-electron chi connectivity index (χ1n) is 9.87. The summed E-state index contributed by atoms with van der Waals surface area (Å²) in [5, 5.41) is 4.56. The fourth-order valence-electron chi connectivity index (χ4n) is 3.00. The summed E-state index contributed by atoms with van der Waals surface area (Å²) in [6.45, 7) is 5.39. The van der Waals surface area contributed by atoms with E-state index in [9.17, 15) is 9.59 Å². The van der Waals surface area contributed by atoms with Crippen molar-refractivity contribution in [2.45, 2.75) is 32.0 Å². The second kappa shape index (κ2) is 11.0. The Bertz CT molecular complexity index is 1150. The monoisotopic (exact) mass is 479 g/mol. The lowest BCUT2D eigenvalue weighted by Crippen LogP contribution is -2.25. The highest BCUT2D eigenvalue weighted by Crippen LogP contribution is 2.33. The van der Waals surface area contributed by atoms with Crippen LogP contribution in [0, 0.1) is 6.92 Å². The number of rotatable bonds is 9. The molecule has 1 aromatic heterocycles. The molecule has 0 fully saturated rings. The van der Waals surface area contributed by atoms with Crippen molar-refractivity contribution in [1.82, 2.24) is 9.55 Å². The Labute approximate surface area is 194 Å². The van der Waals surface area contributed by atoms with Gasteiger partial charge in [-0.25, -0.2) is 4.98 Å². The molecule has 1 N–H and O–H groups in total. The molecule has 3 rings (SSSR count). The topological polar surface area (TPSA) is 73.2 Å². The predicted molar refractivity (Wildman–Crippen MR) is 128 cm³/mol. The molecule has 0 aliphatic heterocycles. The minimum Gasteiger partial charge on any atom is -0.382 e. The second-order valence-corrected chi connectivity index (χ2v) is 8.54. The number of para-hydroxylation sites is 1. The number of thioether (sulfide) groups is 1. The number of nitrogens with one attached hydrogen (secondary N) is 1. The molecule has 1 amide bonds. The van der Waals surface area contributed by atoms with Crippen molar-refractivity contribution < 1.29 is 9.53 Å². The first-order chi connectivity index (χ1) is 14.9. The summed E-state index contributed by atoms with van der Waals surface area (Å²) in [5.74, 6) is -0.237. The fraction of sp³-hybridized carbons (Fsp3) is 0.318. The van der Waals surface area contributed by atoms with E-state index in [1.165, 1.54) is 11.8 Å². The number of halogens is 2. The van der Waals surface area contributed by atoms with Crippen LogP contribution in [0.2, 0.25) is 10.0 Å². The number of carbonyl (C=O) groups excluding carboxylic acids is 1. The third-order valence-electron chi connectivity index (χ3n) is 4.58. The van der Waals surface area contributed by atoms with E-state index < -0.39 is 0 Å². The van der Waals surface area contributed by atoms with E-state index in [1.807, 2.05) is 26.0 Å². The fourth-order valence-corrected chi connectivity index (χ4v) is 4.29. The van der Waals surface area contributed by atoms with E-state index in [0.29, 0.717) is 58.0 Å². The van der Waals surface area contributed by atoms with E-state index >= 15 is 0 Å². The molecule has 0 unspecified atom stereocenters. The number of nitrogens with zero attached hydrogens (tertiary/aromatic N) is 2. The molecule has 0 spiro atoms. The van der Waals surface area contributed by atoms with Crippen LogP contribution in [0.4, 0.5) is 5.69 Å². The van der Waals surface area contributed by atoms with Gasteiger partial charge in [0.15, 0.2) is 5.16 Å². The molecule has 0 saturated carbocycles. The molecule has 3 aromatic rings. The Hall–Kier alpha value is -2.06. The molecule has 2 aromatic carbocycles. The van der Waals surface area contributed by atoms with Gasteiger partial charge in [-0.2, -0.15) is 0 Å². The zero-order chi connectivity index (χ0) is 22.4. The first kappa shape index (κ1) is 23.6. The maximum atomic E-state index is 13.0. The first-order valence-corrected chi connectivity index (χ1v) is 11.6. The number of amides is 1. The van der Waals surface area contributed by atoms with Gasteiger partial charge in [0, 0.05) is 19.8 Å². The van der Waals surface area contributed by atoms with E-state index in [-0.39, 0.29) is 17.2 Å². The smallest absolute Gasteiger partial charge is 0.262 e. The standard InChI is InChI=1S/C22H23Cl2N3O3S/c1-3-30-12-6-11-27-21(29)15-7-4-5-8-17(15)25-22(27)31-13-18(28)26-20-16(23)10-9-14(2)19(20)24/h4-5,7-10H,3,6,11-13H2,1-2H3,(H,26,28). The van der Waals surface area contributed by atoms with E-state index in [2.05, 4.69) is 10.3 Å². The number of benzene rings is 2. The number of ether oxygens (including phenoxy) is 1. The molecule has 0 aliphatic rings. The van der Waals surface area contributed by atoms with Crippen LogP contribution in [-0.4, -0.2) is 34.4 Å². The molecule has 0 atom stereocenters. The van der Waals surface area contributed by atoms with Crippen molar-refractivity contribution in [3.05, 3.63) is 62.4 Å². The summed E-state index contributed by atoms with van der Waals surface area (Å²) in [4.78, 5) is 30.2. The highest BCUT2D eigenvalue weighted by atomic mass is 35.5. The molecule has 0 bridgehead atoms. The quantitative estimate of drug-likeness (QED) is 0.260. The molecular weight excluding hydrogens is 457 g/mol. The molecule has 6 nitrogen and oxygen atoms in total. The van der Waals surface area contributed by atoms with Crippen LogP contribution in [-0.2, 0) is 16.1 Å². The second-order valence-electron chi connectivity index (χ2n) is 6.81. The van der Waals surface area contributed by atoms with E-state index in [0.717, 1.165) is 5.56 Å². The Balaban J connectivity index is 1.80. The minimum absolute atomic E-state index is 0.0524. The van der Waals surface area contributed by atoms with Gasteiger partial charge in [-0.1, -0.05) is 53.2 Å². The van der Waals surface area contributed by atoms with Crippen LogP contribution in [0.25, 0.3) is 10.9 Å². The van der Waals surface area contributed by atoms with Crippen molar-refractivity contribution >= 4 is 57.5 Å². The third kappa shape index (κ3) is 5.80. The van der Waals surface area contributed by atoms with Crippen LogP contribution in [0.5, 0.6) is 0 Å². The molecular formula is C22H23Cl2N3O3S. The Morgan fingerprint density at radius 3 is 2.77 bits per heavy atom. The van der Waals surface area contributed by atoms with Crippen LogP contribution in [0.1, 0.15) is 18.9 Å². The van der Waals surface area contributed by atoms with Gasteiger partial charge in [0.25, 0.3) is 5.56 Å². The Morgan fingerprint density at radius 1 is 1.23 bits per heavy atom. The number of carbonyl (C=O) groups is 1. The van der Waals surface area contributed by atoms with Gasteiger partial charge >= 0.3 is 0 Å². The maximum absolute atomic E-state index is 13.0. The average Bonchev–Trinajstić information content (AvgIpc) is 2.77. The SMILES string of the molecule is CCOCCCn1c(SCC(=O)Nc2c(Cl)ccc(C)c2Cl)nc2ccccc2c1=O. The summed E-state index contributed by atoms with van der Waals surface area (Å²) in [6.07, 6.45) is 0.669. The lowest BCUT2D eigenvalue weighted by molar-refractivity contribution is -0.113. The highest BCUT2D eigenvalue weighted by Gasteiger charge is 2.15. The highest BCUT2D eigenvalue weighted by molar-refractivity contribution is 7.99. The summed E-state index contributed by atoms with van der Waals surface area (Å²) < 4.78 is 6.99. The number of hydrogen-bond acceptors (Lipinski definition) is 5. The van der Waals surface area contributed by atoms with Gasteiger partial charge in [-0.3, -0.25) is 14.2 Å². The number of aryl methyl sites for hydroxylation is 1. The summed E-state index contributed by atoms with van der Waals surface area (Å²) in [7, 11) is 0. The summed E-state index contributed by atoms with van der Waals surface area (Å²) in [5.41, 5.74) is 1.67. The van der Waals surface area contributed by atoms with Crippen molar-refractivity contribution in [1.29, 1.82) is 0 Å². The zero-order valence-electron chi connectivity index (χ0n) is 17.3. The van der Waals surface area contributed by atoms with Crippen molar-refractivity contribution in [2.75, 3.05) is 24.3 Å².